The lowest BCUT2D eigenvalue weighted by Crippen LogP contribution is -1.92. The molecule has 0 nitrogen and oxygen atoms in total. The summed E-state index contributed by atoms with van der Waals surface area (Å²) < 4.78 is 36.9. The van der Waals surface area contributed by atoms with Crippen molar-refractivity contribution >= 4 is 15.9 Å². The van der Waals surface area contributed by atoms with E-state index in [2.05, 4.69) is 15.9 Å². The average molecular weight is 239 g/mol. The van der Waals surface area contributed by atoms with Gasteiger partial charge in [0.2, 0.25) is 0 Å². The molecule has 0 N–H and O–H groups in total. The molecule has 0 spiro atoms. The number of benzene rings is 1. The van der Waals surface area contributed by atoms with Crippen molar-refractivity contribution in [3.8, 4) is 0 Å². The fraction of sp³-hybridized carbons (Fsp3) is 0.250. The van der Waals surface area contributed by atoms with Gasteiger partial charge < -0.3 is 0 Å². The van der Waals surface area contributed by atoms with Crippen molar-refractivity contribution in [1.29, 1.82) is 0 Å². The summed E-state index contributed by atoms with van der Waals surface area (Å²) in [4.78, 5) is 0. The van der Waals surface area contributed by atoms with Crippen LogP contribution in [0.5, 0.6) is 0 Å². The molecule has 1 rings (SSSR count). The summed E-state index contributed by atoms with van der Waals surface area (Å²) in [6, 6.07) is 3.25. The van der Waals surface area contributed by atoms with E-state index in [1.807, 2.05) is 0 Å². The first kappa shape index (κ1) is 9.58. The van der Waals surface area contributed by atoms with E-state index >= 15 is 0 Å². The molecule has 0 aliphatic heterocycles. The summed E-state index contributed by atoms with van der Waals surface area (Å²) in [6.07, 6.45) is -2.54. The number of hydrogen-bond acceptors (Lipinski definition) is 0. The Labute approximate surface area is 76.5 Å². The molecular formula is C8H6BrF3. The summed E-state index contributed by atoms with van der Waals surface area (Å²) >= 11 is 3.01. The molecular weight excluding hydrogens is 233 g/mol. The van der Waals surface area contributed by atoms with E-state index in [0.29, 0.717) is 5.56 Å². The normalized spacial score (nSPS) is 10.8. The lowest BCUT2D eigenvalue weighted by molar-refractivity contribution is 0.150. The second-order valence-electron chi connectivity index (χ2n) is 2.28. The van der Waals surface area contributed by atoms with Crippen LogP contribution in [0.4, 0.5) is 13.2 Å². The summed E-state index contributed by atoms with van der Waals surface area (Å²) in [7, 11) is 0. The third kappa shape index (κ3) is 2.00. The van der Waals surface area contributed by atoms with Gasteiger partial charge in [0.25, 0.3) is 6.43 Å². The third-order valence-electron chi connectivity index (χ3n) is 1.48. The van der Waals surface area contributed by atoms with Crippen molar-refractivity contribution in [1.82, 2.24) is 0 Å². The zero-order chi connectivity index (χ0) is 9.14. The van der Waals surface area contributed by atoms with Gasteiger partial charge in [-0.1, -0.05) is 22.0 Å². The highest BCUT2D eigenvalue weighted by Gasteiger charge is 2.12. The van der Waals surface area contributed by atoms with Gasteiger partial charge in [0.05, 0.1) is 0 Å². The van der Waals surface area contributed by atoms with E-state index in [1.165, 1.54) is 0 Å². The van der Waals surface area contributed by atoms with Gasteiger partial charge in [-0.25, -0.2) is 13.2 Å². The Hall–Kier alpha value is -0.510. The molecule has 0 unspecified atom stereocenters. The number of alkyl halides is 3. The van der Waals surface area contributed by atoms with Crippen LogP contribution in [0.25, 0.3) is 0 Å². The molecule has 0 bridgehead atoms. The Morgan fingerprint density at radius 3 is 2.50 bits per heavy atom. The predicted octanol–water partition coefficient (Wildman–Crippen LogP) is 3.66. The van der Waals surface area contributed by atoms with Crippen LogP contribution in [-0.2, 0) is 5.33 Å². The monoisotopic (exact) mass is 238 g/mol. The minimum atomic E-state index is -2.54. The zero-order valence-electron chi connectivity index (χ0n) is 6.03. The quantitative estimate of drug-likeness (QED) is 0.691. The highest BCUT2D eigenvalue weighted by Crippen LogP contribution is 2.24. The van der Waals surface area contributed by atoms with Crippen LogP contribution in [0.2, 0.25) is 0 Å². The molecule has 0 saturated heterocycles. The Balaban J connectivity index is 3.11. The van der Waals surface area contributed by atoms with Crippen molar-refractivity contribution in [3.05, 3.63) is 35.1 Å². The van der Waals surface area contributed by atoms with Crippen LogP contribution in [0.3, 0.4) is 0 Å². The molecule has 0 atom stereocenters. The second kappa shape index (κ2) is 3.94. The number of hydrogen-bond donors (Lipinski definition) is 0. The van der Waals surface area contributed by atoms with Crippen molar-refractivity contribution in [2.45, 2.75) is 11.8 Å². The van der Waals surface area contributed by atoms with Gasteiger partial charge in [-0.15, -0.1) is 0 Å². The van der Waals surface area contributed by atoms with Gasteiger partial charge >= 0.3 is 0 Å². The van der Waals surface area contributed by atoms with Crippen molar-refractivity contribution in [3.63, 3.8) is 0 Å². The Morgan fingerprint density at radius 1 is 1.33 bits per heavy atom. The van der Waals surface area contributed by atoms with E-state index in [-0.39, 0.29) is 10.9 Å². The topological polar surface area (TPSA) is 0 Å². The minimum Gasteiger partial charge on any atom is -0.207 e. The maximum Gasteiger partial charge on any atom is 0.264 e. The predicted molar refractivity (Wildman–Crippen MR) is 44.0 cm³/mol. The molecule has 0 saturated carbocycles. The smallest absolute Gasteiger partial charge is 0.207 e. The minimum absolute atomic E-state index is 0.117. The van der Waals surface area contributed by atoms with E-state index < -0.39 is 12.2 Å². The maximum absolute atomic E-state index is 12.5. The lowest BCUT2D eigenvalue weighted by Gasteiger charge is -2.05. The van der Waals surface area contributed by atoms with Gasteiger partial charge in [0, 0.05) is 10.9 Å². The summed E-state index contributed by atoms with van der Waals surface area (Å²) in [6.45, 7) is 0. The molecule has 1 aromatic carbocycles. The summed E-state index contributed by atoms with van der Waals surface area (Å²) in [5.74, 6) is -0.492. The van der Waals surface area contributed by atoms with Gasteiger partial charge in [-0.2, -0.15) is 0 Å². The van der Waals surface area contributed by atoms with E-state index in [9.17, 15) is 13.2 Å². The van der Waals surface area contributed by atoms with Crippen molar-refractivity contribution < 1.29 is 13.2 Å². The molecule has 0 aromatic heterocycles. The van der Waals surface area contributed by atoms with E-state index in [1.54, 1.807) is 0 Å². The van der Waals surface area contributed by atoms with Crippen molar-refractivity contribution in [2.75, 3.05) is 0 Å². The molecule has 66 valence electrons. The molecule has 1 aromatic rings. The highest BCUT2D eigenvalue weighted by atomic mass is 79.9. The molecule has 0 fully saturated rings. The molecule has 4 heteroatoms. The first-order valence-corrected chi connectivity index (χ1v) is 4.39. The van der Waals surface area contributed by atoms with Gasteiger partial charge in [0.1, 0.15) is 5.82 Å². The van der Waals surface area contributed by atoms with Gasteiger partial charge in [-0.3, -0.25) is 0 Å². The Morgan fingerprint density at radius 2 is 2.00 bits per heavy atom. The fourth-order valence-corrected chi connectivity index (χ4v) is 1.39. The zero-order valence-corrected chi connectivity index (χ0v) is 7.61. The van der Waals surface area contributed by atoms with Crippen LogP contribution in [-0.4, -0.2) is 0 Å². The number of rotatable bonds is 2. The number of halogens is 4. The highest BCUT2D eigenvalue weighted by molar-refractivity contribution is 9.08. The molecule has 0 radical (unpaired) electrons. The SMILES string of the molecule is Fc1ccc(C(F)F)c(CBr)c1. The molecule has 0 aliphatic rings. The fourth-order valence-electron chi connectivity index (χ4n) is 0.903. The standard InChI is InChI=1S/C8H6BrF3/c9-4-5-3-6(10)1-2-7(5)8(11)12/h1-3,8H,4H2. The first-order valence-electron chi connectivity index (χ1n) is 3.27. The van der Waals surface area contributed by atoms with Gasteiger partial charge in [0.15, 0.2) is 0 Å². The summed E-state index contributed by atoms with van der Waals surface area (Å²) in [5, 5.41) is 0.241. The van der Waals surface area contributed by atoms with Crippen LogP contribution in [0, 0.1) is 5.82 Å². The summed E-state index contributed by atoms with van der Waals surface area (Å²) in [5.41, 5.74) is 0.179. The molecule has 0 heterocycles. The van der Waals surface area contributed by atoms with E-state index in [0.717, 1.165) is 18.2 Å². The van der Waals surface area contributed by atoms with Crippen molar-refractivity contribution in [2.24, 2.45) is 0 Å². The maximum atomic E-state index is 12.5. The van der Waals surface area contributed by atoms with Crippen LogP contribution >= 0.6 is 15.9 Å². The largest absolute Gasteiger partial charge is 0.264 e. The third-order valence-corrected chi connectivity index (χ3v) is 2.09. The Kier molecular flexibility index (Phi) is 3.14. The van der Waals surface area contributed by atoms with Crippen LogP contribution in [0.1, 0.15) is 17.6 Å². The molecule has 0 aliphatic carbocycles. The van der Waals surface area contributed by atoms with Gasteiger partial charge in [-0.05, 0) is 17.7 Å². The van der Waals surface area contributed by atoms with Crippen LogP contribution < -0.4 is 0 Å². The lowest BCUT2D eigenvalue weighted by atomic mass is 10.1. The van der Waals surface area contributed by atoms with E-state index in [4.69, 9.17) is 0 Å². The molecule has 0 amide bonds. The molecule has 12 heavy (non-hydrogen) atoms. The van der Waals surface area contributed by atoms with Crippen LogP contribution in [0.15, 0.2) is 18.2 Å². The average Bonchev–Trinajstić information content (AvgIpc) is 2.03. The first-order chi connectivity index (χ1) is 5.65. The second-order valence-corrected chi connectivity index (χ2v) is 2.84. The Bertz CT molecular complexity index is 273.